The van der Waals surface area contributed by atoms with E-state index in [2.05, 4.69) is 41.8 Å². The molecule has 3 aromatic rings. The average molecular weight is 452 g/mol. The second kappa shape index (κ2) is 9.14. The second-order valence-corrected chi connectivity index (χ2v) is 9.63. The van der Waals surface area contributed by atoms with E-state index in [1.807, 2.05) is 26.8 Å². The molecule has 0 saturated heterocycles. The van der Waals surface area contributed by atoms with E-state index in [1.165, 1.54) is 17.7 Å². The summed E-state index contributed by atoms with van der Waals surface area (Å²) >= 11 is 0. The van der Waals surface area contributed by atoms with E-state index >= 15 is 0 Å². The number of carbonyl (C=O) groups is 1. The van der Waals surface area contributed by atoms with Gasteiger partial charge >= 0.3 is 0 Å². The maximum absolute atomic E-state index is 12.8. The van der Waals surface area contributed by atoms with Crippen LogP contribution in [-0.2, 0) is 14.8 Å². The number of benzene rings is 2. The van der Waals surface area contributed by atoms with Crippen molar-refractivity contribution in [1.82, 2.24) is 9.47 Å². The summed E-state index contributed by atoms with van der Waals surface area (Å²) in [5.74, 6) is -0.145. The Bertz CT molecular complexity index is 1260. The van der Waals surface area contributed by atoms with Crippen molar-refractivity contribution in [1.29, 1.82) is 0 Å². The highest BCUT2D eigenvalue weighted by Gasteiger charge is 2.17. The van der Waals surface area contributed by atoms with Crippen molar-refractivity contribution in [2.75, 3.05) is 7.05 Å². The first kappa shape index (κ1) is 23.5. The third-order valence-corrected chi connectivity index (χ3v) is 6.72. The minimum atomic E-state index is -3.74. The number of nitrogens with zero attached hydrogens (tertiary/aromatic N) is 2. The Morgan fingerprint density at radius 2 is 1.62 bits per heavy atom. The molecule has 168 valence electrons. The van der Waals surface area contributed by atoms with E-state index < -0.39 is 10.0 Å². The van der Waals surface area contributed by atoms with Gasteiger partial charge in [0.25, 0.3) is 0 Å². The Hall–Kier alpha value is -3.16. The Morgan fingerprint density at radius 1 is 1.03 bits per heavy atom. The summed E-state index contributed by atoms with van der Waals surface area (Å²) in [6.07, 6.45) is 3.40. The zero-order chi connectivity index (χ0) is 23.6. The molecule has 0 saturated carbocycles. The molecule has 2 aromatic carbocycles. The maximum atomic E-state index is 12.8. The number of aryl methyl sites for hydroxylation is 2. The molecule has 0 bridgehead atoms. The molecular weight excluding hydrogens is 422 g/mol. The molecule has 6 nitrogen and oxygen atoms in total. The van der Waals surface area contributed by atoms with Crippen molar-refractivity contribution >= 4 is 22.0 Å². The van der Waals surface area contributed by atoms with Crippen molar-refractivity contribution < 1.29 is 13.2 Å². The third-order valence-electron chi connectivity index (χ3n) is 5.79. The summed E-state index contributed by atoms with van der Waals surface area (Å²) in [6, 6.07) is 16.4. The fraction of sp³-hybridized carbons (Fsp3) is 0.240. The number of amides is 1. The predicted molar refractivity (Wildman–Crippen MR) is 128 cm³/mol. The van der Waals surface area contributed by atoms with Crippen LogP contribution in [-0.4, -0.2) is 30.8 Å². The van der Waals surface area contributed by atoms with Gasteiger partial charge < -0.3 is 9.47 Å². The molecule has 1 amide bonds. The Labute approximate surface area is 190 Å². The van der Waals surface area contributed by atoms with Crippen LogP contribution in [0.15, 0.2) is 65.6 Å². The topological polar surface area (TPSA) is 85.4 Å². The zero-order valence-electron chi connectivity index (χ0n) is 19.0. The number of hydrogen-bond donors (Lipinski definition) is 1. The number of aromatic nitrogens is 1. The van der Waals surface area contributed by atoms with Crippen molar-refractivity contribution in [3.8, 4) is 5.69 Å². The number of rotatable bonds is 6. The highest BCUT2D eigenvalue weighted by Crippen LogP contribution is 2.24. The monoisotopic (exact) mass is 451 g/mol. The van der Waals surface area contributed by atoms with E-state index in [1.54, 1.807) is 30.2 Å². The summed E-state index contributed by atoms with van der Waals surface area (Å²) in [5, 5.41) is 5.15. The van der Waals surface area contributed by atoms with Crippen LogP contribution < -0.4 is 5.14 Å². The van der Waals surface area contributed by atoms with Crippen molar-refractivity contribution in [2.24, 2.45) is 5.14 Å². The summed E-state index contributed by atoms with van der Waals surface area (Å²) in [7, 11) is -2.02. The summed E-state index contributed by atoms with van der Waals surface area (Å²) in [4.78, 5) is 14.4. The van der Waals surface area contributed by atoms with Crippen LogP contribution in [0.4, 0.5) is 0 Å². The van der Waals surface area contributed by atoms with Gasteiger partial charge in [0.1, 0.15) is 0 Å². The van der Waals surface area contributed by atoms with Gasteiger partial charge in [-0.3, -0.25) is 4.79 Å². The molecule has 1 unspecified atom stereocenters. The first-order chi connectivity index (χ1) is 15.0. The summed E-state index contributed by atoms with van der Waals surface area (Å²) in [6.45, 7) is 8.04. The van der Waals surface area contributed by atoms with E-state index in [0.29, 0.717) is 0 Å². The first-order valence-electron chi connectivity index (χ1n) is 10.3. The SMILES string of the molecule is Cc1ccc(-n2c(C)cc(/C=C/C(=O)N(C)C(C)c3ccc(S(N)(=O)=O)cc3)c2C)cc1. The quantitative estimate of drug-likeness (QED) is 0.568. The number of sulfonamides is 1. The van der Waals surface area contributed by atoms with Crippen LogP contribution in [0.1, 0.15) is 41.0 Å². The molecule has 32 heavy (non-hydrogen) atoms. The van der Waals surface area contributed by atoms with Crippen LogP contribution >= 0.6 is 0 Å². The van der Waals surface area contributed by atoms with Crippen molar-refractivity contribution in [3.05, 3.63) is 88.8 Å². The number of nitrogens with two attached hydrogens (primary N) is 1. The zero-order valence-corrected chi connectivity index (χ0v) is 19.8. The maximum Gasteiger partial charge on any atom is 0.246 e. The van der Waals surface area contributed by atoms with Gasteiger partial charge in [-0.15, -0.1) is 0 Å². The van der Waals surface area contributed by atoms with Gasteiger partial charge in [-0.2, -0.15) is 0 Å². The number of carbonyl (C=O) groups excluding carboxylic acids is 1. The number of primary sulfonamides is 1. The molecule has 0 aliphatic carbocycles. The largest absolute Gasteiger partial charge is 0.335 e. The number of hydrogen-bond acceptors (Lipinski definition) is 3. The van der Waals surface area contributed by atoms with Crippen LogP contribution in [0.3, 0.4) is 0 Å². The smallest absolute Gasteiger partial charge is 0.246 e. The van der Waals surface area contributed by atoms with Crippen LogP contribution in [0.2, 0.25) is 0 Å². The molecule has 1 heterocycles. The van der Waals surface area contributed by atoms with E-state index in [-0.39, 0.29) is 16.8 Å². The van der Waals surface area contributed by atoms with Gasteiger partial charge in [0.15, 0.2) is 0 Å². The number of likely N-dealkylation sites (N-methyl/N-ethyl adjacent to an activating group) is 1. The highest BCUT2D eigenvalue weighted by molar-refractivity contribution is 7.89. The fourth-order valence-corrected chi connectivity index (χ4v) is 4.19. The fourth-order valence-electron chi connectivity index (χ4n) is 3.68. The summed E-state index contributed by atoms with van der Waals surface area (Å²) < 4.78 is 25.0. The van der Waals surface area contributed by atoms with E-state index in [9.17, 15) is 13.2 Å². The first-order valence-corrected chi connectivity index (χ1v) is 11.9. The van der Waals surface area contributed by atoms with E-state index in [4.69, 9.17) is 5.14 Å². The summed E-state index contributed by atoms with van der Waals surface area (Å²) in [5.41, 5.74) is 6.25. The lowest BCUT2D eigenvalue weighted by Crippen LogP contribution is -2.28. The van der Waals surface area contributed by atoms with Gasteiger partial charge in [0, 0.05) is 30.2 Å². The van der Waals surface area contributed by atoms with Gasteiger partial charge in [0.05, 0.1) is 10.9 Å². The normalized spacial score (nSPS) is 12.8. The van der Waals surface area contributed by atoms with Crippen molar-refractivity contribution in [2.45, 2.75) is 38.6 Å². The third kappa shape index (κ3) is 5.00. The molecule has 2 N–H and O–H groups in total. The lowest BCUT2D eigenvalue weighted by molar-refractivity contribution is -0.126. The molecule has 3 rings (SSSR count). The molecule has 1 aromatic heterocycles. The lowest BCUT2D eigenvalue weighted by atomic mass is 10.1. The molecule has 7 heteroatoms. The second-order valence-electron chi connectivity index (χ2n) is 8.07. The van der Waals surface area contributed by atoms with E-state index in [0.717, 1.165) is 28.2 Å². The highest BCUT2D eigenvalue weighted by atomic mass is 32.2. The molecule has 0 aliphatic rings. The Morgan fingerprint density at radius 3 is 2.19 bits per heavy atom. The Balaban J connectivity index is 1.77. The van der Waals surface area contributed by atoms with Gasteiger partial charge in [-0.25, -0.2) is 13.6 Å². The molecule has 0 aliphatic heterocycles. The van der Waals surface area contributed by atoms with Gasteiger partial charge in [-0.1, -0.05) is 29.8 Å². The standard InChI is InChI=1S/C25H29N3O3S/c1-17-6-11-23(12-7-17)28-18(2)16-22(20(28)4)10-15-25(29)27(5)19(3)21-8-13-24(14-9-21)32(26,30)31/h6-16,19H,1-5H3,(H2,26,30,31)/b15-10+. The minimum absolute atomic E-state index is 0.0475. The molecule has 0 fully saturated rings. The molecule has 0 radical (unpaired) electrons. The van der Waals surface area contributed by atoms with Crippen LogP contribution in [0, 0.1) is 20.8 Å². The lowest BCUT2D eigenvalue weighted by Gasteiger charge is -2.24. The van der Waals surface area contributed by atoms with Crippen LogP contribution in [0.25, 0.3) is 11.8 Å². The van der Waals surface area contributed by atoms with Gasteiger partial charge in [-0.05, 0) is 75.2 Å². The molecule has 1 atom stereocenters. The Kier molecular flexibility index (Phi) is 6.71. The predicted octanol–water partition coefficient (Wildman–Crippen LogP) is 4.28. The van der Waals surface area contributed by atoms with Crippen molar-refractivity contribution in [3.63, 3.8) is 0 Å². The molecular formula is C25H29N3O3S. The molecule has 0 spiro atoms. The van der Waals surface area contributed by atoms with Gasteiger partial charge in [0.2, 0.25) is 15.9 Å². The average Bonchev–Trinajstić information content (AvgIpc) is 3.04. The minimum Gasteiger partial charge on any atom is -0.335 e. The van der Waals surface area contributed by atoms with Crippen LogP contribution in [0.5, 0.6) is 0 Å².